The van der Waals surface area contributed by atoms with Crippen molar-refractivity contribution < 1.29 is 28.7 Å². The molecule has 0 bridgehead atoms. The van der Waals surface area contributed by atoms with Crippen molar-refractivity contribution in [2.75, 3.05) is 45.4 Å². The molecule has 14 nitrogen and oxygen atoms in total. The standard InChI is InChI=1S/C53H72N8O6S4/c1-52(2)25-44-60(43(62)24-35(32-71-44)23-39(56-6)48(54)69)46(52)49(63)58-40(36-13-9-7-10-14-36)30-66-28-33-17-19-34(20-18-33)29-67-31-41(37-15-11-8-12-16-37)59-50(64)47-53(3,4)26-45-61(47)51(65)38(21-22-70-45)57-42(68)27-55-5/h7-20,35,38-41,44-47,55-56H,21-32H2,1-6H3,(H2,54,69)(H,57,68)(H,58,63)(H,59,64)/t35?,38-,39-,40+,41+,44-,45-,46+,47+/m0/s1. The van der Waals surface area contributed by atoms with Gasteiger partial charge in [0.2, 0.25) is 23.6 Å². The van der Waals surface area contributed by atoms with Gasteiger partial charge in [-0.2, -0.15) is 0 Å². The number of hydrogen-bond donors (Lipinski definition) is 6. The molecule has 4 saturated heterocycles. The number of likely N-dealkylation sites (N-methyl/N-ethyl adjacent to an activating group) is 2. The average molecular weight is 1050 g/mol. The maximum atomic E-state index is 14.5. The number of thiocarbonyl (C=S) groups is 2. The van der Waals surface area contributed by atoms with E-state index in [9.17, 15) is 19.2 Å². The van der Waals surface area contributed by atoms with E-state index in [-0.39, 0.29) is 59.5 Å². The van der Waals surface area contributed by atoms with Crippen LogP contribution in [-0.4, -0.2) is 124 Å². The first-order chi connectivity index (χ1) is 34.0. The molecule has 3 aromatic rings. The van der Waals surface area contributed by atoms with E-state index in [1.54, 1.807) is 28.4 Å². The second-order valence-electron chi connectivity index (χ2n) is 20.6. The third kappa shape index (κ3) is 13.7. The summed E-state index contributed by atoms with van der Waals surface area (Å²) in [5, 5.41) is 15.9. The highest BCUT2D eigenvalue weighted by atomic mass is 32.2. The summed E-state index contributed by atoms with van der Waals surface area (Å²) < 4.78 is 12.6. The van der Waals surface area contributed by atoms with Gasteiger partial charge >= 0.3 is 0 Å². The number of rotatable bonds is 21. The summed E-state index contributed by atoms with van der Waals surface area (Å²) in [5.74, 6) is 1.17. The Morgan fingerprint density at radius 2 is 1.27 bits per heavy atom. The van der Waals surface area contributed by atoms with Crippen LogP contribution in [0.1, 0.15) is 94.1 Å². The van der Waals surface area contributed by atoms with Crippen molar-refractivity contribution in [1.29, 1.82) is 0 Å². The van der Waals surface area contributed by atoms with Crippen molar-refractivity contribution in [1.82, 2.24) is 36.4 Å². The lowest BCUT2D eigenvalue weighted by molar-refractivity contribution is -0.142. The lowest BCUT2D eigenvalue weighted by Crippen LogP contribution is -2.57. The Morgan fingerprint density at radius 1 is 0.761 bits per heavy atom. The zero-order valence-corrected chi connectivity index (χ0v) is 45.1. The van der Waals surface area contributed by atoms with E-state index in [1.807, 2.05) is 104 Å². The first kappa shape index (κ1) is 54.6. The van der Waals surface area contributed by atoms with Crippen LogP contribution >= 0.6 is 48.0 Å². The lowest BCUT2D eigenvalue weighted by Gasteiger charge is -2.35. The number of benzene rings is 3. The molecule has 0 aliphatic carbocycles. The van der Waals surface area contributed by atoms with Crippen molar-refractivity contribution in [2.24, 2.45) is 22.5 Å². The molecule has 4 aliphatic rings. The summed E-state index contributed by atoms with van der Waals surface area (Å²) >= 11 is 14.2. The number of nitrogens with one attached hydrogen (secondary N) is 5. The number of carbonyl (C=O) groups excluding carboxylic acids is 4. The van der Waals surface area contributed by atoms with Crippen LogP contribution in [0.25, 0.3) is 0 Å². The van der Waals surface area contributed by atoms with Gasteiger partial charge in [0.15, 0.2) is 0 Å². The molecule has 0 spiro atoms. The second-order valence-corrected chi connectivity index (χ2v) is 24.1. The molecular weight excluding hydrogens is 973 g/mol. The van der Waals surface area contributed by atoms with Gasteiger partial charge in [0.25, 0.3) is 0 Å². The minimum absolute atomic E-state index is 0.0147. The van der Waals surface area contributed by atoms with Crippen molar-refractivity contribution in [3.8, 4) is 0 Å². The fraction of sp³-hybridized carbons (Fsp3) is 0.547. The van der Waals surface area contributed by atoms with Crippen LogP contribution in [0.2, 0.25) is 0 Å². The van der Waals surface area contributed by atoms with Gasteiger partial charge in [-0.15, -0.1) is 23.5 Å². The SMILES string of the molecule is CNCC(=S)N[C@H]1CCS[C@H]2CC(C)(C)[C@@H](C(=O)N[C@H](COCc3ccc(COC[C@@H](NC(=O)[C@H]4N5C(=O)CC(C[C@H](NC)C(N)=S)CS[C@H]5CC4(C)C)c4ccccc4)cc3)c3ccccc3)N2C1=O. The van der Waals surface area contributed by atoms with Crippen LogP contribution in [0.15, 0.2) is 84.9 Å². The van der Waals surface area contributed by atoms with E-state index in [4.69, 9.17) is 39.6 Å². The zero-order chi connectivity index (χ0) is 50.9. The first-order valence-corrected chi connectivity index (χ1v) is 27.6. The number of nitrogens with two attached hydrogens (primary N) is 1. The lowest BCUT2D eigenvalue weighted by atomic mass is 9.83. The number of thioether (sulfide) groups is 2. The van der Waals surface area contributed by atoms with Crippen LogP contribution in [0.3, 0.4) is 0 Å². The molecule has 384 valence electrons. The van der Waals surface area contributed by atoms with E-state index in [0.717, 1.165) is 33.8 Å². The third-order valence-corrected chi connectivity index (χ3v) is 17.4. The van der Waals surface area contributed by atoms with E-state index in [1.165, 1.54) is 0 Å². The van der Waals surface area contributed by atoms with Gasteiger partial charge < -0.3 is 51.6 Å². The van der Waals surface area contributed by atoms with Gasteiger partial charge in [-0.25, -0.2) is 0 Å². The molecule has 18 heteroatoms. The highest BCUT2D eigenvalue weighted by Crippen LogP contribution is 2.48. The minimum atomic E-state index is -0.669. The first-order valence-electron chi connectivity index (χ1n) is 24.7. The average Bonchev–Trinajstić information content (AvgIpc) is 3.66. The highest BCUT2D eigenvalue weighted by Gasteiger charge is 2.55. The quantitative estimate of drug-likeness (QED) is 0.0685. The fourth-order valence-corrected chi connectivity index (χ4v) is 14.3. The predicted octanol–water partition coefficient (Wildman–Crippen LogP) is 6.00. The van der Waals surface area contributed by atoms with Crippen LogP contribution in [0, 0.1) is 16.7 Å². The monoisotopic (exact) mass is 1040 g/mol. The van der Waals surface area contributed by atoms with Crippen LogP contribution in [-0.2, 0) is 41.9 Å². The predicted molar refractivity (Wildman–Crippen MR) is 291 cm³/mol. The van der Waals surface area contributed by atoms with Gasteiger partial charge in [-0.05, 0) is 90.3 Å². The topological polar surface area (TPSA) is 179 Å². The van der Waals surface area contributed by atoms with Gasteiger partial charge in [-0.3, -0.25) is 19.2 Å². The van der Waals surface area contributed by atoms with Crippen molar-refractivity contribution in [3.05, 3.63) is 107 Å². The molecule has 7 rings (SSSR count). The molecule has 0 radical (unpaired) electrons. The Morgan fingerprint density at radius 3 is 1.76 bits per heavy atom. The Labute approximate surface area is 439 Å². The zero-order valence-electron chi connectivity index (χ0n) is 41.8. The molecule has 4 heterocycles. The number of nitrogens with zero attached hydrogens (tertiary/aromatic N) is 2. The van der Waals surface area contributed by atoms with Crippen LogP contribution < -0.4 is 32.3 Å². The smallest absolute Gasteiger partial charge is 0.246 e. The Bertz CT molecular complexity index is 2330. The maximum Gasteiger partial charge on any atom is 0.246 e. The Balaban J connectivity index is 0.949. The molecule has 0 aromatic heterocycles. The molecule has 3 aromatic carbocycles. The second kappa shape index (κ2) is 24.7. The Hall–Kier alpha value is -4.14. The van der Waals surface area contributed by atoms with Crippen LogP contribution in [0.4, 0.5) is 0 Å². The largest absolute Gasteiger partial charge is 0.392 e. The van der Waals surface area contributed by atoms with E-state index < -0.39 is 41.0 Å². The molecular formula is C53H72N8O6S4. The molecule has 0 saturated carbocycles. The highest BCUT2D eigenvalue weighted by molar-refractivity contribution is 8.00. The normalized spacial score (nSPS) is 24.9. The fourth-order valence-electron chi connectivity index (χ4n) is 10.5. The molecule has 4 fully saturated rings. The van der Waals surface area contributed by atoms with Gasteiger partial charge in [0.1, 0.15) is 18.1 Å². The van der Waals surface area contributed by atoms with Gasteiger partial charge in [0, 0.05) is 13.0 Å². The third-order valence-electron chi connectivity index (χ3n) is 14.2. The van der Waals surface area contributed by atoms with Crippen LogP contribution in [0.5, 0.6) is 0 Å². The Kier molecular flexibility index (Phi) is 19.0. The minimum Gasteiger partial charge on any atom is -0.392 e. The van der Waals surface area contributed by atoms with Crippen molar-refractivity contribution in [3.63, 3.8) is 0 Å². The molecule has 9 atom stereocenters. The molecule has 1 unspecified atom stereocenters. The maximum absolute atomic E-state index is 14.5. The summed E-state index contributed by atoms with van der Waals surface area (Å²) in [6.07, 6.45) is 3.06. The molecule has 4 aliphatic heterocycles. The number of amides is 4. The summed E-state index contributed by atoms with van der Waals surface area (Å²) in [7, 11) is 3.64. The number of hydrogen-bond acceptors (Lipinski definition) is 12. The molecule has 7 N–H and O–H groups in total. The number of ether oxygens (including phenoxy) is 2. The van der Waals surface area contributed by atoms with Gasteiger partial charge in [-0.1, -0.05) is 137 Å². The summed E-state index contributed by atoms with van der Waals surface area (Å²) in [4.78, 5) is 61.7. The number of fused-ring (bicyclic) bond motifs is 2. The molecule has 4 amide bonds. The van der Waals surface area contributed by atoms with E-state index in [2.05, 4.69) is 54.3 Å². The van der Waals surface area contributed by atoms with E-state index in [0.29, 0.717) is 61.8 Å². The van der Waals surface area contributed by atoms with Gasteiger partial charge in [0.05, 0.1) is 65.3 Å². The molecule has 71 heavy (non-hydrogen) atoms. The van der Waals surface area contributed by atoms with Crippen molar-refractivity contribution in [2.45, 2.75) is 120 Å². The van der Waals surface area contributed by atoms with E-state index >= 15 is 0 Å². The summed E-state index contributed by atoms with van der Waals surface area (Å²) in [6, 6.07) is 24.8. The summed E-state index contributed by atoms with van der Waals surface area (Å²) in [6.45, 7) is 9.84. The van der Waals surface area contributed by atoms with Crippen molar-refractivity contribution >= 4 is 81.6 Å². The summed E-state index contributed by atoms with van der Waals surface area (Å²) in [5.41, 5.74) is 8.82. The number of carbonyl (C=O) groups is 4.